The number of fused-ring (bicyclic) bond motifs is 4. The lowest BCUT2D eigenvalue weighted by Gasteiger charge is -2.01. The molecule has 0 saturated carbocycles. The molecule has 4 heterocycles. The Labute approximate surface area is 252 Å². The van der Waals surface area contributed by atoms with Crippen LogP contribution in [0.2, 0.25) is 10.0 Å². The smallest absolute Gasteiger partial charge is 0.190 e. The predicted octanol–water partition coefficient (Wildman–Crippen LogP) is 10.6. The molecule has 0 fully saturated rings. The standard InChI is InChI=1S/C28H14Cl2N6S4/c29-15-3-1-5-19-23(15)33-27(37-19)35-25-31-17-9-7-13(11-21(17)39-25)14-8-10-18-22(12-14)40-26(32-18)36-28-34-24-16(30)4-2-6-20(24)38-28/h1-12H,(H,31,33,35)(H,32,34,36). The highest BCUT2D eigenvalue weighted by molar-refractivity contribution is 7.25. The van der Waals surface area contributed by atoms with Crippen LogP contribution in [0, 0.1) is 0 Å². The topological polar surface area (TPSA) is 75.6 Å². The lowest BCUT2D eigenvalue weighted by Crippen LogP contribution is -1.87. The summed E-state index contributed by atoms with van der Waals surface area (Å²) in [6, 6.07) is 24.3. The molecule has 8 rings (SSSR count). The third kappa shape index (κ3) is 4.37. The number of anilines is 4. The highest BCUT2D eigenvalue weighted by Crippen LogP contribution is 2.38. The van der Waals surface area contributed by atoms with Crippen LogP contribution in [0.25, 0.3) is 52.0 Å². The monoisotopic (exact) mass is 632 g/mol. The van der Waals surface area contributed by atoms with Crippen LogP contribution in [0.3, 0.4) is 0 Å². The third-order valence-corrected chi connectivity index (χ3v) is 10.6. The molecule has 8 aromatic rings. The molecule has 0 aliphatic heterocycles. The van der Waals surface area contributed by atoms with E-state index in [0.717, 1.165) is 72.5 Å². The summed E-state index contributed by atoms with van der Waals surface area (Å²) < 4.78 is 4.28. The fourth-order valence-corrected chi connectivity index (χ4v) is 8.70. The van der Waals surface area contributed by atoms with Crippen molar-refractivity contribution in [2.45, 2.75) is 0 Å². The first-order valence-corrected chi connectivity index (χ1v) is 16.0. The number of nitrogens with one attached hydrogen (secondary N) is 2. The lowest BCUT2D eigenvalue weighted by atomic mass is 10.1. The second-order valence-electron chi connectivity index (χ2n) is 8.86. The molecule has 4 aromatic heterocycles. The Balaban J connectivity index is 1.06. The number of hydrogen-bond acceptors (Lipinski definition) is 10. The van der Waals surface area contributed by atoms with Crippen molar-refractivity contribution >= 4 is 130 Å². The maximum atomic E-state index is 6.30. The maximum absolute atomic E-state index is 6.30. The summed E-state index contributed by atoms with van der Waals surface area (Å²) in [6.07, 6.45) is 0. The summed E-state index contributed by atoms with van der Waals surface area (Å²) in [5.41, 5.74) is 5.75. The molecule has 0 radical (unpaired) electrons. The zero-order valence-corrected chi connectivity index (χ0v) is 24.9. The minimum atomic E-state index is 0.651. The van der Waals surface area contributed by atoms with Gasteiger partial charge in [-0.2, -0.15) is 0 Å². The zero-order valence-electron chi connectivity index (χ0n) is 20.1. The second kappa shape index (κ2) is 9.62. The van der Waals surface area contributed by atoms with Crippen molar-refractivity contribution < 1.29 is 0 Å². The highest BCUT2D eigenvalue weighted by atomic mass is 35.5. The molecule has 0 amide bonds. The van der Waals surface area contributed by atoms with Gasteiger partial charge in [0.1, 0.15) is 11.0 Å². The molecule has 0 atom stereocenters. The van der Waals surface area contributed by atoms with Crippen molar-refractivity contribution in [3.63, 3.8) is 0 Å². The van der Waals surface area contributed by atoms with Gasteiger partial charge >= 0.3 is 0 Å². The molecular weight excluding hydrogens is 620 g/mol. The normalized spacial score (nSPS) is 11.8. The lowest BCUT2D eigenvalue weighted by molar-refractivity contribution is 1.40. The van der Waals surface area contributed by atoms with Crippen LogP contribution in [0.1, 0.15) is 0 Å². The molecule has 12 heteroatoms. The Hall–Kier alpha value is -3.38. The number of rotatable bonds is 5. The van der Waals surface area contributed by atoms with Gasteiger partial charge in [0, 0.05) is 0 Å². The van der Waals surface area contributed by atoms with E-state index in [-0.39, 0.29) is 0 Å². The summed E-state index contributed by atoms with van der Waals surface area (Å²) in [5.74, 6) is 0. The van der Waals surface area contributed by atoms with Crippen molar-refractivity contribution in [3.8, 4) is 11.1 Å². The molecule has 0 bridgehead atoms. The Morgan fingerprint density at radius 2 is 0.900 bits per heavy atom. The first-order chi connectivity index (χ1) is 19.6. The van der Waals surface area contributed by atoms with Gasteiger partial charge in [0.05, 0.1) is 39.9 Å². The van der Waals surface area contributed by atoms with Crippen molar-refractivity contribution in [2.24, 2.45) is 0 Å². The number of benzene rings is 4. The average molecular weight is 634 g/mol. The van der Waals surface area contributed by atoms with Crippen LogP contribution in [-0.4, -0.2) is 19.9 Å². The summed E-state index contributed by atoms with van der Waals surface area (Å²) in [7, 11) is 0. The molecule has 2 N–H and O–H groups in total. The molecule has 6 nitrogen and oxygen atoms in total. The van der Waals surface area contributed by atoms with E-state index >= 15 is 0 Å². The van der Waals surface area contributed by atoms with E-state index in [1.54, 1.807) is 45.3 Å². The fourth-order valence-electron chi connectivity index (χ4n) is 4.44. The molecule has 0 aliphatic rings. The Morgan fingerprint density at radius 3 is 1.35 bits per heavy atom. The third-order valence-electron chi connectivity index (χ3n) is 6.28. The van der Waals surface area contributed by atoms with Crippen molar-refractivity contribution in [1.82, 2.24) is 19.9 Å². The van der Waals surface area contributed by atoms with Crippen molar-refractivity contribution in [1.29, 1.82) is 0 Å². The first-order valence-electron chi connectivity index (χ1n) is 12.0. The van der Waals surface area contributed by atoms with Crippen molar-refractivity contribution in [2.75, 3.05) is 10.6 Å². The van der Waals surface area contributed by atoms with E-state index in [1.807, 2.05) is 36.4 Å². The van der Waals surface area contributed by atoms with Crippen LogP contribution >= 0.6 is 68.5 Å². The molecule has 0 spiro atoms. The molecule has 0 saturated heterocycles. The van der Waals surface area contributed by atoms with E-state index in [4.69, 9.17) is 33.2 Å². The van der Waals surface area contributed by atoms with Gasteiger partial charge in [0.15, 0.2) is 20.5 Å². The minimum absolute atomic E-state index is 0.651. The number of nitrogens with zero attached hydrogens (tertiary/aromatic N) is 4. The average Bonchev–Trinajstić information content (AvgIpc) is 3.72. The van der Waals surface area contributed by atoms with E-state index in [9.17, 15) is 0 Å². The van der Waals surface area contributed by atoms with Crippen LogP contribution in [-0.2, 0) is 0 Å². The summed E-state index contributed by atoms with van der Waals surface area (Å²) >= 11 is 18.9. The summed E-state index contributed by atoms with van der Waals surface area (Å²) in [4.78, 5) is 18.8. The van der Waals surface area contributed by atoms with Crippen LogP contribution < -0.4 is 10.6 Å². The van der Waals surface area contributed by atoms with E-state index in [0.29, 0.717) is 10.0 Å². The Morgan fingerprint density at radius 1 is 0.475 bits per heavy atom. The molecule has 40 heavy (non-hydrogen) atoms. The number of aromatic nitrogens is 4. The molecule has 0 aliphatic carbocycles. The van der Waals surface area contributed by atoms with E-state index < -0.39 is 0 Å². The molecule has 0 unspecified atom stereocenters. The zero-order chi connectivity index (χ0) is 26.8. The van der Waals surface area contributed by atoms with Gasteiger partial charge in [-0.25, -0.2) is 19.9 Å². The number of hydrogen-bond donors (Lipinski definition) is 2. The van der Waals surface area contributed by atoms with E-state index in [1.165, 1.54) is 0 Å². The molecule has 194 valence electrons. The Kier molecular flexibility index (Phi) is 5.87. The van der Waals surface area contributed by atoms with Gasteiger partial charge < -0.3 is 10.6 Å². The second-order valence-corrected chi connectivity index (χ2v) is 13.8. The number of thiazole rings is 4. The predicted molar refractivity (Wildman–Crippen MR) is 174 cm³/mol. The quantitative estimate of drug-likeness (QED) is 0.196. The number of para-hydroxylation sites is 2. The largest absolute Gasteiger partial charge is 0.307 e. The number of halogens is 2. The maximum Gasteiger partial charge on any atom is 0.190 e. The summed E-state index contributed by atoms with van der Waals surface area (Å²) in [5, 5.41) is 11.2. The Bertz CT molecular complexity index is 2070. The SMILES string of the molecule is Clc1cccc2sc(Nc3nc4ccc(-c5ccc6nc(Nc7nc8c(Cl)cccc8s7)sc6c5)cc4s3)nc12. The van der Waals surface area contributed by atoms with Gasteiger partial charge in [0.2, 0.25) is 0 Å². The van der Waals surface area contributed by atoms with Crippen molar-refractivity contribution in [3.05, 3.63) is 82.8 Å². The van der Waals surface area contributed by atoms with E-state index in [2.05, 4.69) is 57.0 Å². The highest BCUT2D eigenvalue weighted by Gasteiger charge is 2.13. The van der Waals surface area contributed by atoms with Gasteiger partial charge in [0.25, 0.3) is 0 Å². The van der Waals surface area contributed by atoms with Gasteiger partial charge in [-0.05, 0) is 59.7 Å². The van der Waals surface area contributed by atoms with Crippen LogP contribution in [0.4, 0.5) is 20.5 Å². The molecular formula is C28H14Cl2N6S4. The first kappa shape index (κ1) is 24.4. The van der Waals surface area contributed by atoms with Crippen LogP contribution in [0.5, 0.6) is 0 Å². The van der Waals surface area contributed by atoms with Gasteiger partial charge in [-0.15, -0.1) is 0 Å². The van der Waals surface area contributed by atoms with Gasteiger partial charge in [-0.3, -0.25) is 0 Å². The fraction of sp³-hybridized carbons (Fsp3) is 0. The summed E-state index contributed by atoms with van der Waals surface area (Å²) in [6.45, 7) is 0. The van der Waals surface area contributed by atoms with Crippen LogP contribution in [0.15, 0.2) is 72.8 Å². The minimum Gasteiger partial charge on any atom is -0.307 e. The molecule has 4 aromatic carbocycles. The van der Waals surface area contributed by atoms with Gasteiger partial charge in [-0.1, -0.05) is 92.8 Å².